The molecule has 3 aliphatic rings. The van der Waals surface area contributed by atoms with E-state index in [1.165, 1.54) is 0 Å². The van der Waals surface area contributed by atoms with Gasteiger partial charge < -0.3 is 14.2 Å². The summed E-state index contributed by atoms with van der Waals surface area (Å²) in [4.78, 5) is 12.0. The average molecular weight is 425 g/mol. The number of anilines is 1. The molecule has 0 amide bonds. The van der Waals surface area contributed by atoms with Gasteiger partial charge in [-0.3, -0.25) is 14.7 Å². The van der Waals surface area contributed by atoms with Crippen LogP contribution in [-0.2, 0) is 14.2 Å². The zero-order chi connectivity index (χ0) is 17.9. The number of hydrogen-bond acceptors (Lipinski definition) is 7. The number of nitrogens with zero attached hydrogens (tertiary/aromatic N) is 4. The van der Waals surface area contributed by atoms with Gasteiger partial charge >= 0.3 is 0 Å². The molecule has 1 aromatic carbocycles. The average Bonchev–Trinajstić information content (AvgIpc) is 3.09. The molecule has 142 valence electrons. The van der Waals surface area contributed by atoms with Gasteiger partial charge in [0.1, 0.15) is 12.3 Å². The molecule has 3 aliphatic heterocycles. The molecule has 0 aromatic heterocycles. The van der Waals surface area contributed by atoms with Crippen molar-refractivity contribution in [3.63, 3.8) is 0 Å². The van der Waals surface area contributed by atoms with Crippen molar-refractivity contribution in [3.8, 4) is 0 Å². The van der Waals surface area contributed by atoms with Crippen molar-refractivity contribution in [3.05, 3.63) is 28.7 Å². The van der Waals surface area contributed by atoms with Crippen molar-refractivity contribution in [2.75, 3.05) is 64.6 Å². The second-order valence-corrected chi connectivity index (χ2v) is 7.50. The van der Waals surface area contributed by atoms with E-state index in [4.69, 9.17) is 19.2 Å². The minimum absolute atomic E-state index is 0.0237. The molecule has 26 heavy (non-hydrogen) atoms. The Morgan fingerprint density at radius 2 is 1.54 bits per heavy atom. The Hall–Kier alpha value is -1.19. The summed E-state index contributed by atoms with van der Waals surface area (Å²) in [5.74, 6) is 0. The highest BCUT2D eigenvalue weighted by molar-refractivity contribution is 9.10. The first-order valence-electron chi connectivity index (χ1n) is 9.08. The second-order valence-electron chi connectivity index (χ2n) is 6.59. The lowest BCUT2D eigenvalue weighted by Gasteiger charge is -2.43. The van der Waals surface area contributed by atoms with Gasteiger partial charge in [0.25, 0.3) is 6.02 Å². The summed E-state index contributed by atoms with van der Waals surface area (Å²) in [5.41, 5.74) is 1.08. The van der Waals surface area contributed by atoms with Gasteiger partial charge in [-0.1, -0.05) is 15.9 Å². The molecule has 4 rings (SSSR count). The molecule has 0 bridgehead atoms. The minimum Gasteiger partial charge on any atom is -0.468 e. The molecule has 0 spiro atoms. The molecule has 2 atom stereocenters. The highest BCUT2D eigenvalue weighted by Gasteiger charge is 2.45. The standard InChI is InChI=1S/C18H25BrN4O3/c1-24-18-20-16(21-6-10-25-11-7-21)17(22-8-12-26-13-9-22)23(18)15-4-2-14(19)3-5-15/h2-5,16-17H,6-13H2,1H3/t16-,17+/m0/s1. The van der Waals surface area contributed by atoms with Crippen molar-refractivity contribution < 1.29 is 14.2 Å². The Labute approximate surface area is 162 Å². The molecule has 0 unspecified atom stereocenters. The number of benzene rings is 1. The maximum atomic E-state index is 5.70. The van der Waals surface area contributed by atoms with Gasteiger partial charge in [-0.05, 0) is 24.3 Å². The normalized spacial score (nSPS) is 28.2. The van der Waals surface area contributed by atoms with Gasteiger partial charge in [0.15, 0.2) is 0 Å². The van der Waals surface area contributed by atoms with Crippen molar-refractivity contribution in [1.29, 1.82) is 0 Å². The van der Waals surface area contributed by atoms with Crippen LogP contribution in [0.2, 0.25) is 0 Å². The Kier molecular flexibility index (Phi) is 5.75. The Bertz CT molecular complexity index is 630. The molecule has 3 heterocycles. The van der Waals surface area contributed by atoms with Crippen molar-refractivity contribution in [2.45, 2.75) is 12.3 Å². The molecule has 1 aromatic rings. The van der Waals surface area contributed by atoms with Crippen molar-refractivity contribution >= 4 is 27.6 Å². The molecule has 0 aliphatic carbocycles. The monoisotopic (exact) mass is 424 g/mol. The summed E-state index contributed by atoms with van der Waals surface area (Å²) in [6, 6.07) is 8.99. The summed E-state index contributed by atoms with van der Waals surface area (Å²) in [5, 5.41) is 0. The zero-order valence-corrected chi connectivity index (χ0v) is 16.6. The lowest BCUT2D eigenvalue weighted by molar-refractivity contribution is -0.0273. The van der Waals surface area contributed by atoms with Crippen LogP contribution in [0.15, 0.2) is 33.7 Å². The van der Waals surface area contributed by atoms with E-state index >= 15 is 0 Å². The Balaban J connectivity index is 1.68. The van der Waals surface area contributed by atoms with Crippen molar-refractivity contribution in [2.24, 2.45) is 4.99 Å². The summed E-state index contributed by atoms with van der Waals surface area (Å²) in [7, 11) is 1.70. The van der Waals surface area contributed by atoms with Crippen LogP contribution < -0.4 is 4.90 Å². The van der Waals surface area contributed by atoms with Crippen LogP contribution in [0.25, 0.3) is 0 Å². The Morgan fingerprint density at radius 3 is 2.12 bits per heavy atom. The molecule has 8 heteroatoms. The van der Waals surface area contributed by atoms with Gasteiger partial charge in [0.2, 0.25) is 0 Å². The van der Waals surface area contributed by atoms with Crippen LogP contribution in [0.4, 0.5) is 5.69 Å². The Morgan fingerprint density at radius 1 is 0.962 bits per heavy atom. The van der Waals surface area contributed by atoms with E-state index in [0.29, 0.717) is 6.02 Å². The van der Waals surface area contributed by atoms with Gasteiger partial charge in [0.05, 0.1) is 33.5 Å². The lowest BCUT2D eigenvalue weighted by atomic mass is 10.2. The molecule has 7 nitrogen and oxygen atoms in total. The maximum absolute atomic E-state index is 5.70. The van der Waals surface area contributed by atoms with Crippen LogP contribution in [0.1, 0.15) is 0 Å². The number of aliphatic imine (C=N–C) groups is 1. The van der Waals surface area contributed by atoms with Crippen LogP contribution >= 0.6 is 15.9 Å². The summed E-state index contributed by atoms with van der Waals surface area (Å²) < 4.78 is 17.9. The maximum Gasteiger partial charge on any atom is 0.294 e. The highest BCUT2D eigenvalue weighted by Crippen LogP contribution is 2.31. The minimum atomic E-state index is 0.0237. The number of morpholine rings is 2. The largest absolute Gasteiger partial charge is 0.468 e. The number of amidine groups is 1. The molecule has 0 saturated carbocycles. The fraction of sp³-hybridized carbons (Fsp3) is 0.611. The molecule has 0 N–H and O–H groups in total. The molecular weight excluding hydrogens is 400 g/mol. The van der Waals surface area contributed by atoms with E-state index in [-0.39, 0.29) is 12.3 Å². The predicted octanol–water partition coefficient (Wildman–Crippen LogP) is 1.59. The topological polar surface area (TPSA) is 49.8 Å². The molecular formula is C18H25BrN4O3. The number of ether oxygens (including phenoxy) is 3. The predicted molar refractivity (Wildman–Crippen MR) is 103 cm³/mol. The number of methoxy groups -OCH3 is 1. The van der Waals surface area contributed by atoms with Crippen LogP contribution in [0.3, 0.4) is 0 Å². The van der Waals surface area contributed by atoms with Crippen LogP contribution in [0, 0.1) is 0 Å². The number of rotatable bonds is 3. The second kappa shape index (κ2) is 8.22. The zero-order valence-electron chi connectivity index (χ0n) is 15.0. The van der Waals surface area contributed by atoms with E-state index in [0.717, 1.165) is 62.8 Å². The SMILES string of the molecule is COC1=N[C@@H](N2CCOCC2)[C@H](N2CCOCC2)N1c1ccc(Br)cc1. The lowest BCUT2D eigenvalue weighted by Crippen LogP contribution is -2.60. The third kappa shape index (κ3) is 3.61. The first kappa shape index (κ1) is 18.2. The third-order valence-electron chi connectivity index (χ3n) is 5.11. The van der Waals surface area contributed by atoms with E-state index in [1.807, 2.05) is 0 Å². The van der Waals surface area contributed by atoms with Gasteiger partial charge in [-0.15, -0.1) is 0 Å². The van der Waals surface area contributed by atoms with Crippen molar-refractivity contribution in [1.82, 2.24) is 9.80 Å². The molecule has 2 saturated heterocycles. The summed E-state index contributed by atoms with van der Waals surface area (Å²) >= 11 is 3.52. The van der Waals surface area contributed by atoms with E-state index < -0.39 is 0 Å². The smallest absolute Gasteiger partial charge is 0.294 e. The van der Waals surface area contributed by atoms with Gasteiger partial charge in [-0.2, -0.15) is 0 Å². The summed E-state index contributed by atoms with van der Waals surface area (Å²) in [6.45, 7) is 6.58. The van der Waals surface area contributed by atoms with E-state index in [1.54, 1.807) is 7.11 Å². The van der Waals surface area contributed by atoms with Gasteiger partial charge in [0, 0.05) is 36.3 Å². The third-order valence-corrected chi connectivity index (χ3v) is 5.64. The number of hydrogen-bond donors (Lipinski definition) is 0. The van der Waals surface area contributed by atoms with E-state index in [9.17, 15) is 0 Å². The molecule has 2 fully saturated rings. The van der Waals surface area contributed by atoms with Gasteiger partial charge in [-0.25, -0.2) is 4.99 Å². The van der Waals surface area contributed by atoms with Crippen LogP contribution in [-0.4, -0.2) is 87.9 Å². The first-order chi connectivity index (χ1) is 12.8. The highest BCUT2D eigenvalue weighted by atomic mass is 79.9. The molecule has 0 radical (unpaired) electrons. The quantitative estimate of drug-likeness (QED) is 0.734. The van der Waals surface area contributed by atoms with E-state index in [2.05, 4.69) is 54.9 Å². The fourth-order valence-electron chi connectivity index (χ4n) is 3.81. The first-order valence-corrected chi connectivity index (χ1v) is 9.87. The number of halogens is 1. The fourth-order valence-corrected chi connectivity index (χ4v) is 4.07. The summed E-state index contributed by atoms with van der Waals surface area (Å²) in [6.07, 6.45) is 0.115. The van der Waals surface area contributed by atoms with Crippen LogP contribution in [0.5, 0.6) is 0 Å².